The van der Waals surface area contributed by atoms with Gasteiger partial charge in [0.05, 0.1) is 6.61 Å². The molecule has 0 radical (unpaired) electrons. The van der Waals surface area contributed by atoms with Gasteiger partial charge in [0.2, 0.25) is 0 Å². The third-order valence-corrected chi connectivity index (χ3v) is 4.61. The highest BCUT2D eigenvalue weighted by Gasteiger charge is 2.24. The molecular formula is C16H26IN3OS. The van der Waals surface area contributed by atoms with E-state index in [1.165, 1.54) is 11.3 Å². The number of hydrogen-bond acceptors (Lipinski definition) is 3. The van der Waals surface area contributed by atoms with Gasteiger partial charge in [-0.15, -0.1) is 35.7 Å². The lowest BCUT2D eigenvalue weighted by atomic mass is 10.1. The fourth-order valence-corrected chi connectivity index (χ4v) is 3.37. The molecule has 1 aliphatic rings. The summed E-state index contributed by atoms with van der Waals surface area (Å²) in [7, 11) is 3.63. The van der Waals surface area contributed by atoms with E-state index in [2.05, 4.69) is 39.5 Å². The molecule has 1 aliphatic heterocycles. The minimum atomic E-state index is 0. The number of aliphatic imine (C=N–C) groups is 1. The van der Waals surface area contributed by atoms with Crippen LogP contribution in [0.25, 0.3) is 0 Å². The van der Waals surface area contributed by atoms with E-state index in [4.69, 9.17) is 4.74 Å². The Morgan fingerprint density at radius 2 is 2.18 bits per heavy atom. The minimum absolute atomic E-state index is 0. The van der Waals surface area contributed by atoms with Crippen LogP contribution < -0.4 is 5.32 Å². The summed E-state index contributed by atoms with van der Waals surface area (Å²) in [6.45, 7) is 3.88. The van der Waals surface area contributed by atoms with Gasteiger partial charge in [0.25, 0.3) is 0 Å². The van der Waals surface area contributed by atoms with Gasteiger partial charge in [-0.1, -0.05) is 18.2 Å². The lowest BCUT2D eigenvalue weighted by Crippen LogP contribution is -2.41. The first-order valence-corrected chi connectivity index (χ1v) is 8.44. The number of nitrogens with one attached hydrogen (secondary N) is 1. The van der Waals surface area contributed by atoms with Crippen molar-refractivity contribution < 1.29 is 4.74 Å². The number of rotatable bonds is 6. The topological polar surface area (TPSA) is 36.9 Å². The molecule has 1 saturated heterocycles. The van der Waals surface area contributed by atoms with Crippen molar-refractivity contribution in [1.29, 1.82) is 0 Å². The maximum Gasteiger partial charge on any atom is 0.193 e. The van der Waals surface area contributed by atoms with E-state index >= 15 is 0 Å². The molecule has 0 amide bonds. The summed E-state index contributed by atoms with van der Waals surface area (Å²) in [6.07, 6.45) is 1.19. The number of methoxy groups -OCH3 is 1. The van der Waals surface area contributed by atoms with E-state index in [0.717, 1.165) is 38.0 Å². The van der Waals surface area contributed by atoms with Crippen molar-refractivity contribution in [3.05, 3.63) is 30.3 Å². The molecule has 0 aliphatic carbocycles. The van der Waals surface area contributed by atoms with E-state index in [9.17, 15) is 0 Å². The van der Waals surface area contributed by atoms with Gasteiger partial charge in [0.15, 0.2) is 5.96 Å². The van der Waals surface area contributed by atoms with Gasteiger partial charge in [0, 0.05) is 50.4 Å². The van der Waals surface area contributed by atoms with Crippen LogP contribution in [-0.4, -0.2) is 57.0 Å². The van der Waals surface area contributed by atoms with Gasteiger partial charge in [-0.2, -0.15) is 0 Å². The number of hydrogen-bond donors (Lipinski definition) is 1. The van der Waals surface area contributed by atoms with Crippen molar-refractivity contribution in [3.63, 3.8) is 0 Å². The number of likely N-dealkylation sites (tertiary alicyclic amines) is 1. The maximum absolute atomic E-state index is 5.24. The summed E-state index contributed by atoms with van der Waals surface area (Å²) >= 11 is 1.87. The SMILES string of the molecule is CN=C(NCCSc1ccccc1)N1CCC(COC)C1.I. The van der Waals surface area contributed by atoms with Crippen LogP contribution in [0.15, 0.2) is 40.2 Å². The number of benzene rings is 1. The first-order valence-electron chi connectivity index (χ1n) is 7.46. The van der Waals surface area contributed by atoms with E-state index in [0.29, 0.717) is 5.92 Å². The molecule has 2 rings (SSSR count). The molecule has 0 spiro atoms. The van der Waals surface area contributed by atoms with Crippen LogP contribution in [-0.2, 0) is 4.74 Å². The summed E-state index contributed by atoms with van der Waals surface area (Å²) in [5.74, 6) is 2.69. The van der Waals surface area contributed by atoms with E-state index in [1.807, 2.05) is 24.9 Å². The van der Waals surface area contributed by atoms with E-state index in [-0.39, 0.29) is 24.0 Å². The molecule has 0 aromatic heterocycles. The van der Waals surface area contributed by atoms with Gasteiger partial charge in [0.1, 0.15) is 0 Å². The van der Waals surface area contributed by atoms with Gasteiger partial charge >= 0.3 is 0 Å². The van der Waals surface area contributed by atoms with Gasteiger partial charge in [-0.25, -0.2) is 0 Å². The number of halogens is 1. The van der Waals surface area contributed by atoms with Crippen molar-refractivity contribution in [1.82, 2.24) is 10.2 Å². The molecule has 1 N–H and O–H groups in total. The fourth-order valence-electron chi connectivity index (χ4n) is 2.58. The van der Waals surface area contributed by atoms with Crippen molar-refractivity contribution in [3.8, 4) is 0 Å². The van der Waals surface area contributed by atoms with Crippen molar-refractivity contribution in [2.75, 3.05) is 46.2 Å². The van der Waals surface area contributed by atoms with E-state index < -0.39 is 0 Å². The zero-order valence-corrected chi connectivity index (χ0v) is 16.5. The molecule has 124 valence electrons. The molecule has 1 aromatic rings. The summed E-state index contributed by atoms with van der Waals surface area (Å²) in [5.41, 5.74) is 0. The Hall–Kier alpha value is -0.470. The molecule has 1 aromatic carbocycles. The smallest absolute Gasteiger partial charge is 0.193 e. The van der Waals surface area contributed by atoms with Crippen LogP contribution in [0.2, 0.25) is 0 Å². The average molecular weight is 435 g/mol. The van der Waals surface area contributed by atoms with Crippen LogP contribution in [0.4, 0.5) is 0 Å². The van der Waals surface area contributed by atoms with Crippen LogP contribution in [0, 0.1) is 5.92 Å². The third kappa shape index (κ3) is 6.34. The molecule has 1 unspecified atom stereocenters. The predicted octanol–water partition coefficient (Wildman–Crippen LogP) is 2.94. The number of thioether (sulfide) groups is 1. The minimum Gasteiger partial charge on any atom is -0.384 e. The standard InChI is InChI=1S/C16H25N3OS.HI/c1-17-16(19-10-8-14(12-19)13-20-2)18-9-11-21-15-6-4-3-5-7-15;/h3-7,14H,8-13H2,1-2H3,(H,17,18);1H. The summed E-state index contributed by atoms with van der Waals surface area (Å²) in [4.78, 5) is 8.04. The fraction of sp³-hybridized carbons (Fsp3) is 0.562. The number of guanidine groups is 1. The Labute approximate surface area is 155 Å². The zero-order valence-electron chi connectivity index (χ0n) is 13.3. The number of ether oxygens (including phenoxy) is 1. The van der Waals surface area contributed by atoms with Crippen molar-refractivity contribution >= 4 is 41.7 Å². The highest BCUT2D eigenvalue weighted by Crippen LogP contribution is 2.17. The Kier molecular flexibility index (Phi) is 9.90. The lowest BCUT2D eigenvalue weighted by molar-refractivity contribution is 0.157. The Morgan fingerprint density at radius 3 is 2.86 bits per heavy atom. The molecule has 1 heterocycles. The van der Waals surface area contributed by atoms with Crippen molar-refractivity contribution in [2.45, 2.75) is 11.3 Å². The highest BCUT2D eigenvalue weighted by atomic mass is 127. The molecule has 0 bridgehead atoms. The normalized spacial score (nSPS) is 18.2. The third-order valence-electron chi connectivity index (χ3n) is 3.60. The average Bonchev–Trinajstić information content (AvgIpc) is 2.97. The molecule has 4 nitrogen and oxygen atoms in total. The van der Waals surface area contributed by atoms with Gasteiger partial charge < -0.3 is 15.0 Å². The lowest BCUT2D eigenvalue weighted by Gasteiger charge is -2.21. The largest absolute Gasteiger partial charge is 0.384 e. The summed E-state index contributed by atoms with van der Waals surface area (Å²) in [6, 6.07) is 10.5. The van der Waals surface area contributed by atoms with Crippen LogP contribution >= 0.6 is 35.7 Å². The second-order valence-electron chi connectivity index (χ2n) is 5.19. The molecular weight excluding hydrogens is 409 g/mol. The van der Waals surface area contributed by atoms with E-state index in [1.54, 1.807) is 7.11 Å². The first-order chi connectivity index (χ1) is 10.3. The van der Waals surface area contributed by atoms with Crippen LogP contribution in [0.1, 0.15) is 6.42 Å². The quantitative estimate of drug-likeness (QED) is 0.245. The molecule has 22 heavy (non-hydrogen) atoms. The van der Waals surface area contributed by atoms with Gasteiger partial charge in [-0.3, -0.25) is 4.99 Å². The monoisotopic (exact) mass is 435 g/mol. The maximum atomic E-state index is 5.24. The second kappa shape index (κ2) is 11.1. The Morgan fingerprint density at radius 1 is 1.41 bits per heavy atom. The first kappa shape index (κ1) is 19.6. The summed E-state index contributed by atoms with van der Waals surface area (Å²) < 4.78 is 5.24. The Bertz CT molecular complexity index is 444. The zero-order chi connectivity index (χ0) is 14.9. The van der Waals surface area contributed by atoms with Crippen LogP contribution in [0.5, 0.6) is 0 Å². The number of nitrogens with zero attached hydrogens (tertiary/aromatic N) is 2. The summed E-state index contributed by atoms with van der Waals surface area (Å²) in [5, 5.41) is 3.46. The predicted molar refractivity (Wildman–Crippen MR) is 105 cm³/mol. The molecule has 0 saturated carbocycles. The second-order valence-corrected chi connectivity index (χ2v) is 6.36. The molecule has 6 heteroatoms. The molecule has 1 atom stereocenters. The molecule has 1 fully saturated rings. The highest BCUT2D eigenvalue weighted by molar-refractivity contribution is 14.0. The van der Waals surface area contributed by atoms with Crippen LogP contribution in [0.3, 0.4) is 0 Å². The van der Waals surface area contributed by atoms with Gasteiger partial charge in [-0.05, 0) is 18.6 Å². The van der Waals surface area contributed by atoms with Crippen molar-refractivity contribution in [2.24, 2.45) is 10.9 Å². The Balaban J connectivity index is 0.00000242.